The molecule has 0 saturated heterocycles. The average molecular weight is 393 g/mol. The summed E-state index contributed by atoms with van der Waals surface area (Å²) in [4.78, 5) is 0. The Bertz CT molecular complexity index is 383. The summed E-state index contributed by atoms with van der Waals surface area (Å²) in [5, 5.41) is 3.46. The molecule has 0 spiro atoms. The van der Waals surface area contributed by atoms with E-state index < -0.39 is 0 Å². The number of halogens is 2. The van der Waals surface area contributed by atoms with Crippen LogP contribution in [-0.2, 0) is 0 Å². The molecular weight excluding hydrogens is 370 g/mol. The Labute approximate surface area is 133 Å². The topological polar surface area (TPSA) is 21.3 Å². The zero-order valence-electron chi connectivity index (χ0n) is 11.8. The molecule has 2 nitrogen and oxygen atoms in total. The summed E-state index contributed by atoms with van der Waals surface area (Å²) in [6.45, 7) is 3.26. The maximum Gasteiger partial charge on any atom is 0.135 e. The van der Waals surface area contributed by atoms with Crippen molar-refractivity contribution < 1.29 is 4.74 Å². The molecule has 0 atom stereocenters. The molecular formula is C15H23Br2NO. The van der Waals surface area contributed by atoms with Crippen molar-refractivity contribution in [3.05, 3.63) is 21.1 Å². The number of hydrogen-bond acceptors (Lipinski definition) is 2. The summed E-state index contributed by atoms with van der Waals surface area (Å²) in [7, 11) is 1.69. The highest BCUT2D eigenvalue weighted by atomic mass is 79.9. The van der Waals surface area contributed by atoms with E-state index in [0.29, 0.717) is 0 Å². The maximum absolute atomic E-state index is 5.30. The van der Waals surface area contributed by atoms with E-state index in [4.69, 9.17) is 4.74 Å². The van der Waals surface area contributed by atoms with Gasteiger partial charge in [0.15, 0.2) is 0 Å². The van der Waals surface area contributed by atoms with E-state index >= 15 is 0 Å². The maximum atomic E-state index is 5.30. The van der Waals surface area contributed by atoms with Gasteiger partial charge in [0.2, 0.25) is 0 Å². The number of anilines is 1. The largest absolute Gasteiger partial charge is 0.495 e. The minimum atomic E-state index is 0.855. The van der Waals surface area contributed by atoms with Crippen molar-refractivity contribution in [2.75, 3.05) is 19.0 Å². The fraction of sp³-hybridized carbons (Fsp3) is 0.600. The van der Waals surface area contributed by atoms with E-state index in [0.717, 1.165) is 26.9 Å². The Morgan fingerprint density at radius 2 is 1.68 bits per heavy atom. The van der Waals surface area contributed by atoms with E-state index in [1.54, 1.807) is 7.11 Å². The molecule has 19 heavy (non-hydrogen) atoms. The first-order valence-corrected chi connectivity index (χ1v) is 8.54. The molecule has 0 bridgehead atoms. The molecule has 0 heterocycles. The third-order valence-electron chi connectivity index (χ3n) is 3.09. The zero-order chi connectivity index (χ0) is 14.1. The SMILES string of the molecule is CCCCCCCCNc1cc(OC)c(Br)cc1Br. The van der Waals surface area contributed by atoms with Crippen LogP contribution in [0.3, 0.4) is 0 Å². The van der Waals surface area contributed by atoms with E-state index in [2.05, 4.69) is 44.1 Å². The lowest BCUT2D eigenvalue weighted by atomic mass is 10.1. The number of rotatable bonds is 9. The Hall–Kier alpha value is -0.220. The molecule has 108 valence electrons. The molecule has 0 aliphatic heterocycles. The molecule has 0 fully saturated rings. The second-order valence-corrected chi connectivity index (χ2v) is 6.37. The average Bonchev–Trinajstić information content (AvgIpc) is 2.40. The number of unbranched alkanes of at least 4 members (excludes halogenated alkanes) is 5. The standard InChI is InChI=1S/C15H23Br2NO/c1-3-4-5-6-7-8-9-18-14-11-15(19-2)13(17)10-12(14)16/h10-11,18H,3-9H2,1-2H3. The molecule has 0 amide bonds. The van der Waals surface area contributed by atoms with Crippen molar-refractivity contribution in [2.45, 2.75) is 45.4 Å². The predicted octanol–water partition coefficient (Wildman–Crippen LogP) is 5.99. The van der Waals surface area contributed by atoms with Crippen LogP contribution in [0, 0.1) is 0 Å². The van der Waals surface area contributed by atoms with Crippen LogP contribution >= 0.6 is 31.9 Å². The second kappa shape index (κ2) is 9.65. The van der Waals surface area contributed by atoms with Crippen molar-refractivity contribution in [3.8, 4) is 5.75 Å². The number of methoxy groups -OCH3 is 1. The molecule has 1 aromatic carbocycles. The third-order valence-corrected chi connectivity index (χ3v) is 4.36. The van der Waals surface area contributed by atoms with Gasteiger partial charge in [-0.05, 0) is 44.3 Å². The van der Waals surface area contributed by atoms with Crippen LogP contribution in [0.2, 0.25) is 0 Å². The van der Waals surface area contributed by atoms with Gasteiger partial charge in [-0.2, -0.15) is 0 Å². The number of benzene rings is 1. The van der Waals surface area contributed by atoms with Gasteiger partial charge in [0.05, 0.1) is 17.3 Å². The second-order valence-electron chi connectivity index (χ2n) is 4.66. The van der Waals surface area contributed by atoms with Gasteiger partial charge in [0.1, 0.15) is 5.75 Å². The van der Waals surface area contributed by atoms with Crippen LogP contribution in [0.25, 0.3) is 0 Å². The number of hydrogen-bond donors (Lipinski definition) is 1. The molecule has 0 unspecified atom stereocenters. The Balaban J connectivity index is 2.33. The predicted molar refractivity (Wildman–Crippen MR) is 90.3 cm³/mol. The smallest absolute Gasteiger partial charge is 0.135 e. The highest BCUT2D eigenvalue weighted by molar-refractivity contribution is 9.11. The first kappa shape index (κ1) is 16.8. The highest BCUT2D eigenvalue weighted by Crippen LogP contribution is 2.34. The monoisotopic (exact) mass is 391 g/mol. The Kier molecular flexibility index (Phi) is 8.55. The molecule has 0 aliphatic rings. The third kappa shape index (κ3) is 6.17. The molecule has 1 rings (SSSR count). The molecule has 0 aliphatic carbocycles. The van der Waals surface area contributed by atoms with Gasteiger partial charge in [-0.25, -0.2) is 0 Å². The van der Waals surface area contributed by atoms with Crippen molar-refractivity contribution in [3.63, 3.8) is 0 Å². The highest BCUT2D eigenvalue weighted by Gasteiger charge is 2.06. The van der Waals surface area contributed by atoms with Crippen LogP contribution in [0.4, 0.5) is 5.69 Å². The van der Waals surface area contributed by atoms with Gasteiger partial charge in [0, 0.05) is 17.1 Å². The van der Waals surface area contributed by atoms with Gasteiger partial charge in [-0.3, -0.25) is 0 Å². The lowest BCUT2D eigenvalue weighted by molar-refractivity contribution is 0.412. The summed E-state index contributed by atoms with van der Waals surface area (Å²) >= 11 is 7.04. The Morgan fingerprint density at radius 1 is 1.00 bits per heavy atom. The summed E-state index contributed by atoms with van der Waals surface area (Å²) in [5.41, 5.74) is 1.09. The molecule has 0 saturated carbocycles. The van der Waals surface area contributed by atoms with Crippen molar-refractivity contribution in [1.29, 1.82) is 0 Å². The van der Waals surface area contributed by atoms with E-state index in [-0.39, 0.29) is 0 Å². The van der Waals surface area contributed by atoms with Crippen LogP contribution in [0.15, 0.2) is 21.1 Å². The van der Waals surface area contributed by atoms with Crippen molar-refractivity contribution in [2.24, 2.45) is 0 Å². The van der Waals surface area contributed by atoms with Crippen LogP contribution in [0.5, 0.6) is 5.75 Å². The first-order valence-electron chi connectivity index (χ1n) is 6.96. The van der Waals surface area contributed by atoms with Crippen LogP contribution in [-0.4, -0.2) is 13.7 Å². The van der Waals surface area contributed by atoms with Crippen LogP contribution in [0.1, 0.15) is 45.4 Å². The first-order chi connectivity index (χ1) is 9.19. The molecule has 1 N–H and O–H groups in total. The minimum Gasteiger partial charge on any atom is -0.495 e. The van der Waals surface area contributed by atoms with Gasteiger partial charge < -0.3 is 10.1 Å². The molecule has 1 aromatic rings. The Morgan fingerprint density at radius 3 is 2.37 bits per heavy atom. The van der Waals surface area contributed by atoms with Gasteiger partial charge in [-0.15, -0.1) is 0 Å². The van der Waals surface area contributed by atoms with Crippen LogP contribution < -0.4 is 10.1 Å². The normalized spacial score (nSPS) is 10.5. The van der Waals surface area contributed by atoms with E-state index in [1.165, 1.54) is 38.5 Å². The van der Waals surface area contributed by atoms with Gasteiger partial charge >= 0.3 is 0 Å². The van der Waals surface area contributed by atoms with Gasteiger partial charge in [-0.1, -0.05) is 39.0 Å². The summed E-state index contributed by atoms with van der Waals surface area (Å²) < 4.78 is 7.33. The zero-order valence-corrected chi connectivity index (χ0v) is 14.9. The number of ether oxygens (including phenoxy) is 1. The van der Waals surface area contributed by atoms with E-state index in [9.17, 15) is 0 Å². The molecule has 4 heteroatoms. The summed E-state index contributed by atoms with van der Waals surface area (Å²) in [6.07, 6.45) is 7.91. The fourth-order valence-corrected chi connectivity index (χ4v) is 3.25. The number of nitrogens with one attached hydrogen (secondary N) is 1. The fourth-order valence-electron chi connectivity index (χ4n) is 1.95. The van der Waals surface area contributed by atoms with Crippen molar-refractivity contribution in [1.82, 2.24) is 0 Å². The lowest BCUT2D eigenvalue weighted by Gasteiger charge is -2.11. The lowest BCUT2D eigenvalue weighted by Crippen LogP contribution is -2.02. The van der Waals surface area contributed by atoms with Gasteiger partial charge in [0.25, 0.3) is 0 Å². The molecule has 0 radical (unpaired) electrons. The summed E-state index contributed by atoms with van der Waals surface area (Å²) in [6, 6.07) is 4.04. The summed E-state index contributed by atoms with van der Waals surface area (Å²) in [5.74, 6) is 0.855. The quantitative estimate of drug-likeness (QED) is 0.521. The van der Waals surface area contributed by atoms with E-state index in [1.807, 2.05) is 12.1 Å². The van der Waals surface area contributed by atoms with Crippen molar-refractivity contribution >= 4 is 37.5 Å². The molecule has 0 aromatic heterocycles. The minimum absolute atomic E-state index is 0.855.